The number of benzene rings is 1. The highest BCUT2D eigenvalue weighted by atomic mass is 16.6. The second-order valence-corrected chi connectivity index (χ2v) is 30.7. The van der Waals surface area contributed by atoms with E-state index in [1.165, 1.54) is 18.3 Å². The number of nitrogens with one attached hydrogen (secondary N) is 1. The van der Waals surface area contributed by atoms with Crippen LogP contribution in [0.25, 0.3) is 33.4 Å². The number of hydrazone groups is 1. The molecule has 636 valence electrons. The highest BCUT2D eigenvalue weighted by molar-refractivity contribution is 6.39. The Balaban J connectivity index is 0.717. The molecular formula is C83H124N12O20. The number of nitrogens with zero attached hydrogens (tertiary/aromatic N) is 8. The van der Waals surface area contributed by atoms with E-state index in [0.29, 0.717) is 169 Å². The maximum atomic E-state index is 14.8. The van der Waals surface area contributed by atoms with Gasteiger partial charge in [-0.05, 0) is 138 Å². The molecule has 1 aromatic carbocycles. The highest BCUT2D eigenvalue weighted by Crippen LogP contribution is 2.39. The average Bonchev–Trinajstić information content (AvgIpc) is 1.61. The van der Waals surface area contributed by atoms with Crippen LogP contribution in [-0.4, -0.2) is 255 Å². The minimum atomic E-state index is -2.47. The predicted molar refractivity (Wildman–Crippen MR) is 432 cm³/mol. The number of ether oxygens (including phenoxy) is 11. The van der Waals surface area contributed by atoms with Gasteiger partial charge in [-0.1, -0.05) is 71.1 Å². The van der Waals surface area contributed by atoms with Crippen LogP contribution in [0.4, 0.5) is 11.8 Å². The fraction of sp³-hybridized carbons (Fsp3) is 0.663. The van der Waals surface area contributed by atoms with Crippen LogP contribution < -0.4 is 22.6 Å². The molecule has 4 aliphatic rings. The van der Waals surface area contributed by atoms with E-state index in [0.717, 1.165) is 30.4 Å². The highest BCUT2D eigenvalue weighted by Gasteiger charge is 2.53. The number of ketones is 3. The van der Waals surface area contributed by atoms with Crippen molar-refractivity contribution in [2.24, 2.45) is 51.4 Å². The number of fused-ring (bicyclic) bond motifs is 5. The minimum Gasteiger partial charge on any atom is -0.460 e. The molecule has 9 N–H and O–H groups in total. The van der Waals surface area contributed by atoms with E-state index in [1.54, 1.807) is 58.0 Å². The van der Waals surface area contributed by atoms with E-state index in [1.807, 2.05) is 70.2 Å². The Morgan fingerprint density at radius 2 is 1.56 bits per heavy atom. The van der Waals surface area contributed by atoms with E-state index in [9.17, 15) is 39.0 Å². The minimum absolute atomic E-state index is 0.0117. The van der Waals surface area contributed by atoms with Crippen LogP contribution in [0.3, 0.4) is 0 Å². The molecule has 8 rings (SSSR count). The van der Waals surface area contributed by atoms with Gasteiger partial charge >= 0.3 is 5.97 Å². The number of piperidine rings is 1. The van der Waals surface area contributed by atoms with Gasteiger partial charge in [0, 0.05) is 89.8 Å². The number of aryl methyl sites for hydroxylation is 1. The van der Waals surface area contributed by atoms with Crippen LogP contribution in [0.15, 0.2) is 86.6 Å². The number of anilines is 2. The Morgan fingerprint density at radius 1 is 0.817 bits per heavy atom. The predicted octanol–water partition coefficient (Wildman–Crippen LogP) is 7.77. The van der Waals surface area contributed by atoms with Gasteiger partial charge < -0.3 is 94.3 Å². The molecule has 15 atom stereocenters. The maximum Gasteiger partial charge on any atom is 0.329 e. The number of unbranched alkanes of at least 4 members (excludes halogenated alkanes) is 1. The molecule has 4 aromatic rings. The van der Waals surface area contributed by atoms with E-state index in [2.05, 4.69) is 30.4 Å². The van der Waals surface area contributed by atoms with E-state index >= 15 is 0 Å². The number of allylic oxidation sites excluding steroid dienone is 6. The van der Waals surface area contributed by atoms with Crippen molar-refractivity contribution in [3.8, 4) is 11.3 Å². The van der Waals surface area contributed by atoms with E-state index < -0.39 is 83.7 Å². The van der Waals surface area contributed by atoms with Gasteiger partial charge in [-0.2, -0.15) is 15.2 Å². The normalized spacial score (nSPS) is 27.5. The van der Waals surface area contributed by atoms with Gasteiger partial charge in [0.25, 0.3) is 17.7 Å². The number of aromatic nitrogens is 5. The number of carbonyl (C=O) groups excluding carboxylic acids is 6. The Labute approximate surface area is 674 Å². The van der Waals surface area contributed by atoms with Crippen LogP contribution in [-0.2, 0) is 87.4 Å². The van der Waals surface area contributed by atoms with Crippen molar-refractivity contribution in [2.45, 2.75) is 206 Å². The van der Waals surface area contributed by atoms with Crippen molar-refractivity contribution in [3.05, 3.63) is 72.1 Å². The van der Waals surface area contributed by atoms with Crippen LogP contribution in [0, 0.1) is 35.5 Å². The summed E-state index contributed by atoms with van der Waals surface area (Å²) in [6, 6.07) is 4.36. The number of oxazole rings is 1. The molecule has 32 nitrogen and oxygen atoms in total. The van der Waals surface area contributed by atoms with Gasteiger partial charge in [-0.3, -0.25) is 29.0 Å². The zero-order valence-electron chi connectivity index (χ0n) is 68.7. The standard InChI is InChI=1S/C83H124N12O20/c1-52-18-12-11-13-19-53(2)68(104-8)47-62-24-21-58(7)83(103,115-62)77(100)80(101)94-30-16-14-20-64(94)81(102)113-69(48-65(96)54(3)43-57(6)75(99)76(106-10)74(98)56(5)42-52)55(4)44-59-22-25-67(70(45-59)105-9)112-41-40-111-50-61(92-86)49-87-29-33-108-35-37-110-39-38-109-36-34-107-32-27-71(97)88-28-15-17-31-95-79-72(78(84)89-51-90-79)73(93-95)60-23-26-66-63(46-60)91-82(85)114-66/h11-13,18-19,23,26,43,46,49,51-52,54-56,58-59,62,64,67-70,75-76,99,103H,14-17,20-22,24-25,27-42,44-45,47-48,50,86H2,1-10H3,(H2,85,91)(H,88,97)(H2,84,89,90)/b13-11?,18-12+,53-19?,57-43+,87-49?,92-61?/t52-,54-,55-,56-,58-,59+,62+,64+,67-,68+,69+,70-,75-,76+,83-/m1/s1. The molecule has 0 radical (unpaired) electrons. The summed E-state index contributed by atoms with van der Waals surface area (Å²) in [4.78, 5) is 103. The summed E-state index contributed by atoms with van der Waals surface area (Å²) in [7, 11) is 4.58. The Kier molecular flexibility index (Phi) is 38.0. The monoisotopic (exact) mass is 1610 g/mol. The third-order valence-electron chi connectivity index (χ3n) is 22.0. The number of amides is 2. The molecule has 0 spiro atoms. The van der Waals surface area contributed by atoms with Gasteiger partial charge in [-0.25, -0.2) is 19.4 Å². The van der Waals surface area contributed by atoms with Crippen molar-refractivity contribution in [1.82, 2.24) is 34.9 Å². The first-order valence-corrected chi connectivity index (χ1v) is 40.5. The van der Waals surface area contributed by atoms with Gasteiger partial charge in [0.2, 0.25) is 11.7 Å². The number of esters is 1. The summed E-state index contributed by atoms with van der Waals surface area (Å²) < 4.78 is 72.0. The zero-order valence-corrected chi connectivity index (χ0v) is 68.7. The third-order valence-corrected chi connectivity index (χ3v) is 22.0. The number of nitrogen functional groups attached to an aromatic ring is 2. The van der Waals surface area contributed by atoms with Crippen LogP contribution >= 0.6 is 0 Å². The fourth-order valence-corrected chi connectivity index (χ4v) is 15.2. The Bertz CT molecular complexity index is 3970. The number of rotatable bonds is 34. The van der Waals surface area contributed by atoms with E-state index in [-0.39, 0.29) is 99.8 Å². The first kappa shape index (κ1) is 92.4. The fourth-order valence-electron chi connectivity index (χ4n) is 15.2. The second kappa shape index (κ2) is 47.3. The molecular weight excluding hydrogens is 1480 g/mol. The molecule has 2 bridgehead atoms. The molecule has 1 saturated carbocycles. The summed E-state index contributed by atoms with van der Waals surface area (Å²) in [5.74, 6) is -2.50. The lowest BCUT2D eigenvalue weighted by Gasteiger charge is -2.42. The zero-order chi connectivity index (χ0) is 83.0. The molecule has 2 saturated heterocycles. The average molecular weight is 1610 g/mol. The molecule has 32 heteroatoms. The summed E-state index contributed by atoms with van der Waals surface area (Å²) in [6.45, 7) is 17.5. The number of methoxy groups -OCH3 is 3. The lowest BCUT2D eigenvalue weighted by molar-refractivity contribution is -0.265. The quantitative estimate of drug-likeness (QED) is 0.00494. The van der Waals surface area contributed by atoms with Crippen molar-refractivity contribution in [2.75, 3.05) is 125 Å². The van der Waals surface area contributed by atoms with Crippen LogP contribution in [0.1, 0.15) is 145 Å². The van der Waals surface area contributed by atoms with Crippen LogP contribution in [0.2, 0.25) is 0 Å². The number of hydrogen-bond donors (Lipinski definition) is 6. The van der Waals surface area contributed by atoms with Gasteiger partial charge in [0.15, 0.2) is 17.0 Å². The van der Waals surface area contributed by atoms with Gasteiger partial charge in [0.1, 0.15) is 59.2 Å². The molecule has 3 fully saturated rings. The number of carbonyl (C=O) groups is 6. The molecule has 115 heavy (non-hydrogen) atoms. The summed E-state index contributed by atoms with van der Waals surface area (Å²) >= 11 is 0. The molecule has 3 aromatic heterocycles. The maximum absolute atomic E-state index is 14.8. The van der Waals surface area contributed by atoms with E-state index in [4.69, 9.17) is 78.9 Å². The smallest absolute Gasteiger partial charge is 0.329 e. The Morgan fingerprint density at radius 3 is 2.29 bits per heavy atom. The number of aliphatic imine (C=N–C) groups is 1. The number of aliphatic hydroxyl groups excluding tert-OH is 1. The first-order valence-electron chi connectivity index (χ1n) is 40.5. The van der Waals surface area contributed by atoms with Gasteiger partial charge in [-0.15, -0.1) is 0 Å². The first-order chi connectivity index (χ1) is 55.4. The molecule has 0 unspecified atom stereocenters. The van der Waals surface area contributed by atoms with Gasteiger partial charge in [0.05, 0.1) is 109 Å². The molecule has 2 amide bonds. The van der Waals surface area contributed by atoms with Crippen molar-refractivity contribution in [3.63, 3.8) is 0 Å². The lowest BCUT2D eigenvalue weighted by Crippen LogP contribution is -2.61. The third kappa shape index (κ3) is 27.5. The van der Waals surface area contributed by atoms with Crippen molar-refractivity contribution in [1.29, 1.82) is 0 Å². The number of hydrogen-bond acceptors (Lipinski definition) is 29. The topological polar surface area (TPSA) is 432 Å². The number of Topliss-reactive ketones (excluding diaryl/α,β-unsaturated/α-hetero) is 3. The summed E-state index contributed by atoms with van der Waals surface area (Å²) in [5, 5.41) is 36.0. The Hall–Kier alpha value is -8.12. The SMILES string of the molecule is CO[C@H]1C[C@@H]2CC[C@@H](C)[C@@](O)(O2)C(=O)C(=O)N2CCCC[C@H]2C(=O)O[C@H]([C@H](C)C[C@@H]2CC[C@@H](OCCOCC(C=NCCOCCOCCOCCOCCC(=O)NCCCCn3nc(-c4ccc5oc(N)nc5c4)c4c(N)ncnc43)=NN)[C@H](OC)C2)CC(=O)[C@H](C)/C=C(\C)[C@@H](O)[C@@H](OC)C(=O)[C@H](C)C[C@H](C)/C=C/C=CC=C1C. The number of nitrogens with two attached hydrogens (primary N) is 3. The second-order valence-electron chi connectivity index (χ2n) is 30.7. The number of aliphatic hydroxyl groups is 2. The summed E-state index contributed by atoms with van der Waals surface area (Å²) in [6.07, 6.45) is 15.8. The van der Waals surface area contributed by atoms with Crippen molar-refractivity contribution >= 4 is 81.0 Å². The summed E-state index contributed by atoms with van der Waals surface area (Å²) in [5.41, 5.74) is 16.9. The molecule has 3 aliphatic heterocycles. The van der Waals surface area contributed by atoms with Crippen molar-refractivity contribution < 1.29 is 95.5 Å². The lowest BCUT2D eigenvalue weighted by atomic mass is 9.78. The molecule has 1 aliphatic carbocycles. The molecule has 6 heterocycles. The number of cyclic esters (lactones) is 1. The largest absolute Gasteiger partial charge is 0.460 e. The van der Waals surface area contributed by atoms with Crippen LogP contribution in [0.5, 0.6) is 0 Å².